The van der Waals surface area contributed by atoms with Gasteiger partial charge in [0.2, 0.25) is 5.91 Å². The number of amides is 1. The van der Waals surface area contributed by atoms with Crippen LogP contribution in [-0.4, -0.2) is 55.3 Å². The number of carbonyl (C=O) groups is 1. The van der Waals surface area contributed by atoms with Gasteiger partial charge in [0.1, 0.15) is 5.52 Å². The number of aromatic nitrogens is 5. The summed E-state index contributed by atoms with van der Waals surface area (Å²) >= 11 is 0. The first-order chi connectivity index (χ1) is 20.7. The summed E-state index contributed by atoms with van der Waals surface area (Å²) in [5, 5.41) is 11.0. The van der Waals surface area contributed by atoms with Gasteiger partial charge in [-0.05, 0) is 42.2 Å². The summed E-state index contributed by atoms with van der Waals surface area (Å²) in [4.78, 5) is 27.5. The Morgan fingerprint density at radius 2 is 1.45 bits per heavy atom. The van der Waals surface area contributed by atoms with Gasteiger partial charge in [-0.3, -0.25) is 14.8 Å². The van der Waals surface area contributed by atoms with Crippen LogP contribution in [0, 0.1) is 0 Å². The minimum absolute atomic E-state index is 0.238. The van der Waals surface area contributed by atoms with E-state index in [-0.39, 0.29) is 11.9 Å². The number of H-pyrrole nitrogens is 1. The van der Waals surface area contributed by atoms with E-state index in [1.807, 2.05) is 42.5 Å². The van der Waals surface area contributed by atoms with Gasteiger partial charge in [0.25, 0.3) is 0 Å². The summed E-state index contributed by atoms with van der Waals surface area (Å²) in [5.74, 6) is 0.238. The Bertz CT molecular complexity index is 1930. The van der Waals surface area contributed by atoms with Gasteiger partial charge < -0.3 is 4.90 Å². The molecule has 206 valence electrons. The van der Waals surface area contributed by atoms with Gasteiger partial charge in [-0.25, -0.2) is 9.97 Å². The van der Waals surface area contributed by atoms with E-state index in [1.54, 1.807) is 0 Å². The van der Waals surface area contributed by atoms with Crippen molar-refractivity contribution in [2.45, 2.75) is 31.8 Å². The molecule has 4 heterocycles. The number of fused-ring (bicyclic) bond motifs is 3. The Morgan fingerprint density at radius 3 is 2.24 bits per heavy atom. The van der Waals surface area contributed by atoms with Gasteiger partial charge in [0, 0.05) is 42.5 Å². The molecule has 1 N–H and O–H groups in total. The van der Waals surface area contributed by atoms with Crippen molar-refractivity contribution in [3.05, 3.63) is 102 Å². The molecule has 0 unspecified atom stereocenters. The molecule has 0 radical (unpaired) electrons. The van der Waals surface area contributed by atoms with E-state index in [4.69, 9.17) is 9.97 Å². The van der Waals surface area contributed by atoms with Gasteiger partial charge in [0.05, 0.1) is 34.4 Å². The van der Waals surface area contributed by atoms with Crippen LogP contribution in [0.15, 0.2) is 91.0 Å². The van der Waals surface area contributed by atoms with Gasteiger partial charge in [-0.15, -0.1) is 5.10 Å². The Kier molecular flexibility index (Phi) is 6.00. The lowest BCUT2D eigenvalue weighted by atomic mass is 10.0. The summed E-state index contributed by atoms with van der Waals surface area (Å²) in [7, 11) is 0. The number of carbonyl (C=O) groups excluding carboxylic acids is 1. The molecule has 0 spiro atoms. The molecule has 8 heteroatoms. The SMILES string of the molecule is O=C1Cc2ccccc2N1C1CCN(Cc2ccc(-c3nc4cc5nn[nH]c5cc4nc3-c3ccccc3)cc2)CC1. The predicted octanol–water partition coefficient (Wildman–Crippen LogP) is 5.79. The standard InChI is InChI=1S/C34H29N7O/c42-32-18-25-8-4-5-9-31(25)41(32)26-14-16-40(17-15-26)21-22-10-12-24(13-11-22)34-33(23-6-2-1-3-7-23)35-27-19-29-30(38-39-37-29)20-28(27)36-34/h1-13,19-20,26H,14-18,21H2,(H,37,38,39). The maximum atomic E-state index is 12.8. The van der Waals surface area contributed by atoms with E-state index in [1.165, 1.54) is 5.56 Å². The molecule has 0 bridgehead atoms. The number of hydrogen-bond donors (Lipinski definition) is 1. The number of aromatic amines is 1. The minimum Gasteiger partial charge on any atom is -0.309 e. The first-order valence-electron chi connectivity index (χ1n) is 14.5. The zero-order valence-corrected chi connectivity index (χ0v) is 23.1. The fourth-order valence-corrected chi connectivity index (χ4v) is 6.44. The van der Waals surface area contributed by atoms with Gasteiger partial charge in [-0.2, -0.15) is 0 Å². The third-order valence-corrected chi connectivity index (χ3v) is 8.57. The van der Waals surface area contributed by atoms with Crippen LogP contribution in [0.25, 0.3) is 44.6 Å². The first-order valence-corrected chi connectivity index (χ1v) is 14.5. The molecule has 0 saturated carbocycles. The van der Waals surface area contributed by atoms with Crippen molar-refractivity contribution in [1.82, 2.24) is 30.3 Å². The molecule has 1 saturated heterocycles. The van der Waals surface area contributed by atoms with E-state index in [0.29, 0.717) is 6.42 Å². The fourth-order valence-electron chi connectivity index (χ4n) is 6.44. The number of piperidine rings is 1. The summed E-state index contributed by atoms with van der Waals surface area (Å²) in [5.41, 5.74) is 10.5. The molecule has 0 atom stereocenters. The second kappa shape index (κ2) is 10.2. The van der Waals surface area contributed by atoms with Crippen LogP contribution >= 0.6 is 0 Å². The van der Waals surface area contributed by atoms with Crippen LogP contribution in [0.4, 0.5) is 5.69 Å². The maximum absolute atomic E-state index is 12.8. The van der Waals surface area contributed by atoms with Crippen LogP contribution in [0.3, 0.4) is 0 Å². The van der Waals surface area contributed by atoms with Crippen LogP contribution in [0.5, 0.6) is 0 Å². The highest BCUT2D eigenvalue weighted by Crippen LogP contribution is 2.34. The van der Waals surface area contributed by atoms with Crippen LogP contribution < -0.4 is 4.90 Å². The summed E-state index contributed by atoms with van der Waals surface area (Å²) in [6.07, 6.45) is 2.51. The van der Waals surface area contributed by atoms with Crippen LogP contribution in [0.1, 0.15) is 24.0 Å². The molecule has 8 rings (SSSR count). The number of anilines is 1. The molecule has 2 aliphatic heterocycles. The van der Waals surface area contributed by atoms with E-state index in [0.717, 1.165) is 88.3 Å². The van der Waals surface area contributed by atoms with E-state index in [2.05, 4.69) is 73.7 Å². The van der Waals surface area contributed by atoms with Gasteiger partial charge in [0.15, 0.2) is 0 Å². The zero-order chi connectivity index (χ0) is 28.0. The predicted molar refractivity (Wildman–Crippen MR) is 164 cm³/mol. The van der Waals surface area contributed by atoms with Crippen molar-refractivity contribution < 1.29 is 4.79 Å². The second-order valence-electron chi connectivity index (χ2n) is 11.2. The molecule has 1 fully saturated rings. The molecule has 2 aliphatic rings. The van der Waals surface area contributed by atoms with Gasteiger partial charge >= 0.3 is 0 Å². The average Bonchev–Trinajstić information content (AvgIpc) is 3.63. The average molecular weight is 552 g/mol. The number of hydrogen-bond acceptors (Lipinski definition) is 6. The monoisotopic (exact) mass is 551 g/mol. The molecule has 2 aromatic heterocycles. The minimum atomic E-state index is 0.238. The number of nitrogens with one attached hydrogen (secondary N) is 1. The highest BCUT2D eigenvalue weighted by Gasteiger charge is 2.34. The Morgan fingerprint density at radius 1 is 0.762 bits per heavy atom. The fraction of sp³-hybridized carbons (Fsp3) is 0.206. The first kappa shape index (κ1) is 24.8. The third-order valence-electron chi connectivity index (χ3n) is 8.57. The van der Waals surface area contributed by atoms with Crippen molar-refractivity contribution in [3.63, 3.8) is 0 Å². The Balaban J connectivity index is 1.02. The van der Waals surface area contributed by atoms with Crippen LogP contribution in [-0.2, 0) is 17.8 Å². The molecular formula is C34H29N7O. The molecule has 0 aliphatic carbocycles. The molecule has 8 nitrogen and oxygen atoms in total. The summed E-state index contributed by atoms with van der Waals surface area (Å²) in [6, 6.07) is 31.3. The summed E-state index contributed by atoms with van der Waals surface area (Å²) < 4.78 is 0. The maximum Gasteiger partial charge on any atom is 0.231 e. The molecular weight excluding hydrogens is 522 g/mol. The molecule has 42 heavy (non-hydrogen) atoms. The normalized spacial score (nSPS) is 16.0. The van der Waals surface area contributed by atoms with Crippen LogP contribution in [0.2, 0.25) is 0 Å². The van der Waals surface area contributed by atoms with E-state index in [9.17, 15) is 4.79 Å². The zero-order valence-electron chi connectivity index (χ0n) is 23.1. The highest BCUT2D eigenvalue weighted by molar-refractivity contribution is 6.02. The Hall–Kier alpha value is -4.95. The van der Waals surface area contributed by atoms with Gasteiger partial charge in [-0.1, -0.05) is 78.0 Å². The second-order valence-corrected chi connectivity index (χ2v) is 11.2. The van der Waals surface area contributed by atoms with E-state index >= 15 is 0 Å². The smallest absolute Gasteiger partial charge is 0.231 e. The topological polar surface area (TPSA) is 90.9 Å². The van der Waals surface area contributed by atoms with E-state index < -0.39 is 0 Å². The number of para-hydroxylation sites is 1. The number of rotatable bonds is 5. The highest BCUT2D eigenvalue weighted by atomic mass is 16.2. The lowest BCUT2D eigenvalue weighted by Gasteiger charge is -2.37. The third kappa shape index (κ3) is 4.40. The van der Waals surface area contributed by atoms with Crippen molar-refractivity contribution in [1.29, 1.82) is 0 Å². The largest absolute Gasteiger partial charge is 0.309 e. The van der Waals surface area contributed by atoms with Crippen molar-refractivity contribution in [2.24, 2.45) is 0 Å². The number of benzene rings is 4. The Labute approximate surface area is 243 Å². The quantitative estimate of drug-likeness (QED) is 0.292. The lowest BCUT2D eigenvalue weighted by Crippen LogP contribution is -2.46. The summed E-state index contributed by atoms with van der Waals surface area (Å²) in [6.45, 7) is 2.84. The number of nitrogens with zero attached hydrogens (tertiary/aromatic N) is 6. The number of likely N-dealkylation sites (tertiary alicyclic amines) is 1. The lowest BCUT2D eigenvalue weighted by molar-refractivity contribution is -0.118. The van der Waals surface area contributed by atoms with Crippen molar-refractivity contribution in [3.8, 4) is 22.5 Å². The molecule has 1 amide bonds. The molecule has 6 aromatic rings. The van der Waals surface area contributed by atoms with Crippen molar-refractivity contribution in [2.75, 3.05) is 18.0 Å². The molecule has 4 aromatic carbocycles. The van der Waals surface area contributed by atoms with Crippen molar-refractivity contribution >= 4 is 33.7 Å².